The Hall–Kier alpha value is -0.340. The van der Waals surface area contributed by atoms with Gasteiger partial charge in [-0.1, -0.05) is 13.0 Å². The highest BCUT2D eigenvalue weighted by atomic mass is 16.5. The molecule has 2 nitrogen and oxygen atoms in total. The Bertz CT molecular complexity index is 141. The molecule has 1 saturated heterocycles. The zero-order chi connectivity index (χ0) is 9.52. The van der Waals surface area contributed by atoms with E-state index in [-0.39, 0.29) is 0 Å². The summed E-state index contributed by atoms with van der Waals surface area (Å²) in [6.45, 7) is 8.97. The van der Waals surface area contributed by atoms with Crippen molar-refractivity contribution < 1.29 is 4.74 Å². The highest BCUT2D eigenvalue weighted by molar-refractivity contribution is 4.91. The predicted molar refractivity (Wildman–Crippen MR) is 55.8 cm³/mol. The average molecular weight is 183 g/mol. The van der Waals surface area contributed by atoms with Gasteiger partial charge in [0.1, 0.15) is 0 Å². The van der Waals surface area contributed by atoms with Crippen molar-refractivity contribution in [3.05, 3.63) is 12.7 Å². The Morgan fingerprint density at radius 1 is 1.69 bits per heavy atom. The fourth-order valence-corrected chi connectivity index (χ4v) is 1.80. The second-order valence-corrected chi connectivity index (χ2v) is 3.69. The monoisotopic (exact) mass is 183 g/mol. The molecular weight excluding hydrogens is 162 g/mol. The summed E-state index contributed by atoms with van der Waals surface area (Å²) < 4.78 is 5.46. The van der Waals surface area contributed by atoms with Gasteiger partial charge < -0.3 is 10.1 Å². The second kappa shape index (κ2) is 6.17. The molecule has 1 N–H and O–H groups in total. The zero-order valence-corrected chi connectivity index (χ0v) is 8.59. The minimum atomic E-state index is 0.445. The first-order chi connectivity index (χ1) is 6.38. The lowest BCUT2D eigenvalue weighted by molar-refractivity contribution is 0.0459. The SMILES string of the molecule is C=CC(NCCC)C1CCCOC1. The standard InChI is InChI=1S/C11H21NO/c1-3-7-12-11(4-2)10-6-5-8-13-9-10/h4,10-12H,2-3,5-9H2,1H3. The van der Waals surface area contributed by atoms with Crippen molar-refractivity contribution >= 4 is 0 Å². The fraction of sp³-hybridized carbons (Fsp3) is 0.818. The first-order valence-electron chi connectivity index (χ1n) is 5.32. The van der Waals surface area contributed by atoms with E-state index in [1.54, 1.807) is 0 Å². The van der Waals surface area contributed by atoms with E-state index >= 15 is 0 Å². The third kappa shape index (κ3) is 3.49. The second-order valence-electron chi connectivity index (χ2n) is 3.69. The van der Waals surface area contributed by atoms with Crippen molar-refractivity contribution in [1.29, 1.82) is 0 Å². The molecule has 1 rings (SSSR count). The van der Waals surface area contributed by atoms with Crippen LogP contribution in [0.3, 0.4) is 0 Å². The van der Waals surface area contributed by atoms with E-state index in [4.69, 9.17) is 4.74 Å². The van der Waals surface area contributed by atoms with Gasteiger partial charge >= 0.3 is 0 Å². The predicted octanol–water partition coefficient (Wildman–Crippen LogP) is 1.97. The lowest BCUT2D eigenvalue weighted by Gasteiger charge is -2.28. The Kier molecular flexibility index (Phi) is 5.09. The average Bonchev–Trinajstić information content (AvgIpc) is 2.21. The van der Waals surface area contributed by atoms with Gasteiger partial charge in [0.15, 0.2) is 0 Å². The third-order valence-corrected chi connectivity index (χ3v) is 2.59. The number of hydrogen-bond acceptors (Lipinski definition) is 2. The lowest BCUT2D eigenvalue weighted by Crippen LogP contribution is -2.39. The molecule has 0 aromatic heterocycles. The van der Waals surface area contributed by atoms with Crippen LogP contribution >= 0.6 is 0 Å². The molecule has 1 heterocycles. The molecule has 0 spiro atoms. The molecule has 0 radical (unpaired) electrons. The van der Waals surface area contributed by atoms with Gasteiger partial charge in [-0.05, 0) is 25.8 Å². The largest absolute Gasteiger partial charge is 0.381 e. The van der Waals surface area contributed by atoms with Gasteiger partial charge in [0.25, 0.3) is 0 Å². The van der Waals surface area contributed by atoms with Crippen molar-refractivity contribution in [3.63, 3.8) is 0 Å². The van der Waals surface area contributed by atoms with Gasteiger partial charge in [-0.15, -0.1) is 6.58 Å². The normalized spacial score (nSPS) is 25.5. The number of rotatable bonds is 5. The Morgan fingerprint density at radius 2 is 2.54 bits per heavy atom. The maximum Gasteiger partial charge on any atom is 0.0512 e. The van der Waals surface area contributed by atoms with E-state index in [0.29, 0.717) is 12.0 Å². The summed E-state index contributed by atoms with van der Waals surface area (Å²) in [4.78, 5) is 0. The highest BCUT2D eigenvalue weighted by Crippen LogP contribution is 2.17. The quantitative estimate of drug-likeness (QED) is 0.658. The summed E-state index contributed by atoms with van der Waals surface area (Å²) in [7, 11) is 0. The molecule has 0 aromatic carbocycles. The minimum Gasteiger partial charge on any atom is -0.381 e. The maximum atomic E-state index is 5.46. The smallest absolute Gasteiger partial charge is 0.0512 e. The Labute approximate surface area is 81.4 Å². The van der Waals surface area contributed by atoms with Crippen LogP contribution in [0, 0.1) is 5.92 Å². The van der Waals surface area contributed by atoms with E-state index in [1.165, 1.54) is 19.3 Å². The number of hydrogen-bond donors (Lipinski definition) is 1. The fourth-order valence-electron chi connectivity index (χ4n) is 1.80. The molecule has 0 amide bonds. The van der Waals surface area contributed by atoms with Crippen LogP contribution in [0.25, 0.3) is 0 Å². The summed E-state index contributed by atoms with van der Waals surface area (Å²) in [6.07, 6.45) is 5.67. The van der Waals surface area contributed by atoms with Crippen molar-refractivity contribution in [2.75, 3.05) is 19.8 Å². The Balaban J connectivity index is 2.30. The van der Waals surface area contributed by atoms with Crippen LogP contribution in [0.2, 0.25) is 0 Å². The summed E-state index contributed by atoms with van der Waals surface area (Å²) in [5.41, 5.74) is 0. The molecule has 2 unspecified atom stereocenters. The minimum absolute atomic E-state index is 0.445. The third-order valence-electron chi connectivity index (χ3n) is 2.59. The molecule has 1 fully saturated rings. The Morgan fingerprint density at radius 3 is 3.08 bits per heavy atom. The summed E-state index contributed by atoms with van der Waals surface area (Å²) in [5.74, 6) is 0.637. The van der Waals surface area contributed by atoms with Crippen LogP contribution in [0.1, 0.15) is 26.2 Å². The first kappa shape index (κ1) is 10.7. The van der Waals surface area contributed by atoms with Gasteiger partial charge in [0, 0.05) is 18.6 Å². The van der Waals surface area contributed by atoms with Crippen molar-refractivity contribution in [1.82, 2.24) is 5.32 Å². The molecule has 0 bridgehead atoms. The first-order valence-corrected chi connectivity index (χ1v) is 5.32. The van der Waals surface area contributed by atoms with Gasteiger partial charge in [0.05, 0.1) is 6.61 Å². The number of ether oxygens (including phenoxy) is 1. The van der Waals surface area contributed by atoms with E-state index in [1.807, 2.05) is 6.08 Å². The molecule has 0 aromatic rings. The van der Waals surface area contributed by atoms with Crippen LogP contribution in [-0.4, -0.2) is 25.8 Å². The van der Waals surface area contributed by atoms with Crippen molar-refractivity contribution in [2.24, 2.45) is 5.92 Å². The van der Waals surface area contributed by atoms with E-state index in [0.717, 1.165) is 19.8 Å². The molecule has 76 valence electrons. The molecular formula is C11H21NO. The molecule has 1 aliphatic rings. The van der Waals surface area contributed by atoms with Gasteiger partial charge in [-0.2, -0.15) is 0 Å². The summed E-state index contributed by atoms with van der Waals surface area (Å²) in [5, 5.41) is 3.49. The van der Waals surface area contributed by atoms with E-state index < -0.39 is 0 Å². The van der Waals surface area contributed by atoms with Crippen LogP contribution < -0.4 is 5.32 Å². The molecule has 13 heavy (non-hydrogen) atoms. The topological polar surface area (TPSA) is 21.3 Å². The molecule has 0 aliphatic carbocycles. The van der Waals surface area contributed by atoms with Crippen molar-refractivity contribution in [3.8, 4) is 0 Å². The molecule has 1 aliphatic heterocycles. The zero-order valence-electron chi connectivity index (χ0n) is 8.59. The molecule has 2 atom stereocenters. The van der Waals surface area contributed by atoms with E-state index in [2.05, 4.69) is 18.8 Å². The van der Waals surface area contributed by atoms with Gasteiger partial charge in [0.2, 0.25) is 0 Å². The summed E-state index contributed by atoms with van der Waals surface area (Å²) >= 11 is 0. The van der Waals surface area contributed by atoms with E-state index in [9.17, 15) is 0 Å². The van der Waals surface area contributed by atoms with Crippen LogP contribution in [0.5, 0.6) is 0 Å². The highest BCUT2D eigenvalue weighted by Gasteiger charge is 2.20. The summed E-state index contributed by atoms with van der Waals surface area (Å²) in [6, 6.07) is 0.445. The maximum absolute atomic E-state index is 5.46. The van der Waals surface area contributed by atoms with Crippen LogP contribution in [0.4, 0.5) is 0 Å². The van der Waals surface area contributed by atoms with Gasteiger partial charge in [-0.3, -0.25) is 0 Å². The number of nitrogens with one attached hydrogen (secondary N) is 1. The molecule has 0 saturated carbocycles. The van der Waals surface area contributed by atoms with Gasteiger partial charge in [-0.25, -0.2) is 0 Å². The van der Waals surface area contributed by atoms with Crippen LogP contribution in [-0.2, 0) is 4.74 Å². The van der Waals surface area contributed by atoms with Crippen LogP contribution in [0.15, 0.2) is 12.7 Å². The molecule has 2 heteroatoms. The lowest BCUT2D eigenvalue weighted by atomic mass is 9.94. The van der Waals surface area contributed by atoms with Crippen molar-refractivity contribution in [2.45, 2.75) is 32.2 Å².